The molecule has 0 fully saturated rings. The molecule has 4 heterocycles. The fourth-order valence-electron chi connectivity index (χ4n) is 5.35. The largest absolute Gasteiger partial charge is 0.462 e. The van der Waals surface area contributed by atoms with Crippen molar-refractivity contribution in [3.8, 4) is 11.1 Å². The van der Waals surface area contributed by atoms with Crippen LogP contribution >= 0.6 is 23.2 Å². The molecule has 6 aromatic rings. The van der Waals surface area contributed by atoms with Crippen molar-refractivity contribution in [2.45, 2.75) is 13.8 Å². The third-order valence-corrected chi connectivity index (χ3v) is 8.05. The molecule has 0 N–H and O–H groups in total. The Labute approximate surface area is 273 Å². The van der Waals surface area contributed by atoms with Crippen molar-refractivity contribution in [2.24, 2.45) is 0 Å². The van der Waals surface area contributed by atoms with E-state index in [0.29, 0.717) is 43.3 Å². The van der Waals surface area contributed by atoms with Gasteiger partial charge in [0.25, 0.3) is 0 Å². The summed E-state index contributed by atoms with van der Waals surface area (Å²) < 4.78 is 13.9. The minimum Gasteiger partial charge on any atom is -0.462 e. The minimum absolute atomic E-state index is 0.162. The molecule has 6 rings (SSSR count). The van der Waals surface area contributed by atoms with Gasteiger partial charge in [-0.2, -0.15) is 0 Å². The highest BCUT2D eigenvalue weighted by Crippen LogP contribution is 2.30. The van der Waals surface area contributed by atoms with E-state index in [2.05, 4.69) is 0 Å². The van der Waals surface area contributed by atoms with Gasteiger partial charge in [-0.05, 0) is 110 Å². The number of esters is 2. The van der Waals surface area contributed by atoms with E-state index in [0.717, 1.165) is 0 Å². The van der Waals surface area contributed by atoms with Crippen molar-refractivity contribution >= 4 is 57.7 Å². The van der Waals surface area contributed by atoms with Crippen molar-refractivity contribution in [3.05, 3.63) is 141 Å². The van der Waals surface area contributed by atoms with E-state index in [9.17, 15) is 19.2 Å². The first-order valence-corrected chi connectivity index (χ1v) is 15.2. The molecule has 10 heteroatoms. The summed E-state index contributed by atoms with van der Waals surface area (Å²) in [6, 6.07) is 23.3. The van der Waals surface area contributed by atoms with E-state index >= 15 is 0 Å². The number of nitrogens with zero attached hydrogens (tertiary/aromatic N) is 2. The Morgan fingerprint density at radius 1 is 0.565 bits per heavy atom. The van der Waals surface area contributed by atoms with Gasteiger partial charge in [0.2, 0.25) is 11.6 Å². The minimum atomic E-state index is -0.565. The predicted octanol–water partition coefficient (Wildman–Crippen LogP) is 7.98. The van der Waals surface area contributed by atoms with Crippen LogP contribution in [0.2, 0.25) is 10.0 Å². The summed E-state index contributed by atoms with van der Waals surface area (Å²) in [6.45, 7) is 3.74. The average Bonchev–Trinajstić information content (AvgIpc) is 3.64. The number of aromatic nitrogens is 2. The number of fused-ring (bicyclic) bond motifs is 2. The van der Waals surface area contributed by atoms with E-state index in [1.807, 2.05) is 0 Å². The Morgan fingerprint density at radius 3 is 1.28 bits per heavy atom. The number of halogens is 2. The summed E-state index contributed by atoms with van der Waals surface area (Å²) in [5.41, 5.74) is 4.18. The number of ether oxygens (including phenoxy) is 2. The molecule has 0 saturated heterocycles. The number of benzene rings is 2. The first-order chi connectivity index (χ1) is 22.2. The monoisotopic (exact) mass is 652 g/mol. The predicted molar refractivity (Wildman–Crippen MR) is 175 cm³/mol. The smallest absolute Gasteiger partial charge is 0.340 e. The molecule has 0 spiro atoms. The van der Waals surface area contributed by atoms with E-state index in [1.54, 1.807) is 108 Å². The molecule has 0 atom stereocenters. The van der Waals surface area contributed by atoms with Gasteiger partial charge in [0.05, 0.1) is 46.8 Å². The molecule has 0 aliphatic heterocycles. The van der Waals surface area contributed by atoms with Crippen LogP contribution in [0.15, 0.2) is 97.3 Å². The molecule has 0 aliphatic rings. The molecule has 0 unspecified atom stereocenters. The molecule has 230 valence electrons. The Kier molecular flexibility index (Phi) is 8.49. The SMILES string of the molecule is CCOC(=O)c1cc(C(=O)c2ccc(Cl)cc2)n2ccc(-c3ccn4c(C(=O)c5ccc(Cl)cc5)cc(C(=O)OCC)c4c3)cc12. The quantitative estimate of drug-likeness (QED) is 0.116. The summed E-state index contributed by atoms with van der Waals surface area (Å²) in [6.07, 6.45) is 3.42. The van der Waals surface area contributed by atoms with Crippen LogP contribution in [0.3, 0.4) is 0 Å². The Morgan fingerprint density at radius 2 is 0.935 bits per heavy atom. The summed E-state index contributed by atoms with van der Waals surface area (Å²) in [5, 5.41) is 1.00. The normalized spacial score (nSPS) is 11.1. The number of carbonyl (C=O) groups is 4. The maximum atomic E-state index is 13.5. The Balaban J connectivity index is 1.48. The molecular weight excluding hydrogens is 627 g/mol. The van der Waals surface area contributed by atoms with Gasteiger partial charge < -0.3 is 18.3 Å². The lowest BCUT2D eigenvalue weighted by atomic mass is 10.1. The molecule has 8 nitrogen and oxygen atoms in total. The first-order valence-electron chi connectivity index (χ1n) is 14.5. The molecule has 0 amide bonds. The van der Waals surface area contributed by atoms with Crippen LogP contribution in [0.5, 0.6) is 0 Å². The maximum absolute atomic E-state index is 13.5. The van der Waals surface area contributed by atoms with Crippen LogP contribution in [0.1, 0.15) is 66.7 Å². The molecule has 2 aromatic carbocycles. The van der Waals surface area contributed by atoms with E-state index in [-0.39, 0.29) is 47.3 Å². The third kappa shape index (κ3) is 5.69. The van der Waals surface area contributed by atoms with Gasteiger partial charge in [0.15, 0.2) is 0 Å². The number of hydrogen-bond donors (Lipinski definition) is 0. The lowest BCUT2D eigenvalue weighted by molar-refractivity contribution is 0.0519. The number of ketones is 2. The van der Waals surface area contributed by atoms with Gasteiger partial charge in [0.1, 0.15) is 0 Å². The zero-order valence-corrected chi connectivity index (χ0v) is 26.3. The van der Waals surface area contributed by atoms with Gasteiger partial charge in [0, 0.05) is 33.6 Å². The zero-order valence-electron chi connectivity index (χ0n) is 24.8. The number of rotatable bonds is 9. The fourth-order valence-corrected chi connectivity index (χ4v) is 5.60. The topological polar surface area (TPSA) is 95.6 Å². The van der Waals surface area contributed by atoms with Crippen LogP contribution in [0.25, 0.3) is 22.2 Å². The van der Waals surface area contributed by atoms with Crippen molar-refractivity contribution < 1.29 is 28.7 Å². The zero-order chi connectivity index (χ0) is 32.5. The van der Waals surface area contributed by atoms with Crippen LogP contribution in [-0.4, -0.2) is 45.5 Å². The molecule has 0 saturated carbocycles. The van der Waals surface area contributed by atoms with Gasteiger partial charge in [-0.15, -0.1) is 0 Å². The highest BCUT2D eigenvalue weighted by molar-refractivity contribution is 6.31. The van der Waals surface area contributed by atoms with Crippen LogP contribution < -0.4 is 0 Å². The van der Waals surface area contributed by atoms with E-state index < -0.39 is 11.9 Å². The van der Waals surface area contributed by atoms with Crippen LogP contribution in [0, 0.1) is 0 Å². The second kappa shape index (κ2) is 12.7. The second-order valence-corrected chi connectivity index (χ2v) is 11.2. The van der Waals surface area contributed by atoms with Crippen molar-refractivity contribution in [3.63, 3.8) is 0 Å². The van der Waals surface area contributed by atoms with E-state index in [1.165, 1.54) is 12.1 Å². The van der Waals surface area contributed by atoms with Gasteiger partial charge in [-0.25, -0.2) is 9.59 Å². The third-order valence-electron chi connectivity index (χ3n) is 7.55. The highest BCUT2D eigenvalue weighted by atomic mass is 35.5. The molecular formula is C36H26Cl2N2O6. The van der Waals surface area contributed by atoms with Gasteiger partial charge in [-0.3, -0.25) is 9.59 Å². The first kappa shape index (κ1) is 30.8. The summed E-state index contributed by atoms with van der Waals surface area (Å²) in [7, 11) is 0. The molecule has 0 aliphatic carbocycles. The molecule has 4 aromatic heterocycles. The lowest BCUT2D eigenvalue weighted by Gasteiger charge is -2.09. The standard InChI is InChI=1S/C36H26Cl2N2O6/c1-3-45-35(43)27-19-31(33(41)21-5-9-25(37)10-6-21)39-15-13-23(17-29(27)39)24-14-16-40-30(18-24)28(36(44)46-4-2)20-32(40)34(42)22-7-11-26(38)12-8-22/h5-20H,3-4H2,1-2H3. The van der Waals surface area contributed by atoms with Crippen molar-refractivity contribution in [1.82, 2.24) is 8.80 Å². The average molecular weight is 654 g/mol. The summed E-state index contributed by atoms with van der Waals surface area (Å²) in [4.78, 5) is 53.0. The summed E-state index contributed by atoms with van der Waals surface area (Å²) >= 11 is 12.0. The lowest BCUT2D eigenvalue weighted by Crippen LogP contribution is -2.05. The summed E-state index contributed by atoms with van der Waals surface area (Å²) in [5.74, 6) is -1.71. The Bertz CT molecular complexity index is 2010. The van der Waals surface area contributed by atoms with Gasteiger partial charge in [-0.1, -0.05) is 23.2 Å². The highest BCUT2D eigenvalue weighted by Gasteiger charge is 2.24. The number of carbonyl (C=O) groups excluding carboxylic acids is 4. The van der Waals surface area contributed by atoms with E-state index in [4.69, 9.17) is 32.7 Å². The molecule has 46 heavy (non-hydrogen) atoms. The fraction of sp³-hybridized carbons (Fsp3) is 0.111. The maximum Gasteiger partial charge on any atom is 0.340 e. The van der Waals surface area contributed by atoms with Crippen molar-refractivity contribution in [1.29, 1.82) is 0 Å². The van der Waals surface area contributed by atoms with Gasteiger partial charge >= 0.3 is 11.9 Å². The van der Waals surface area contributed by atoms with Crippen LogP contribution in [-0.2, 0) is 9.47 Å². The molecule has 0 radical (unpaired) electrons. The number of hydrogen-bond acceptors (Lipinski definition) is 6. The Hall–Kier alpha value is -5.18. The second-order valence-electron chi connectivity index (χ2n) is 10.3. The molecule has 0 bridgehead atoms. The van der Waals surface area contributed by atoms with Crippen molar-refractivity contribution in [2.75, 3.05) is 13.2 Å². The van der Waals surface area contributed by atoms with Crippen LogP contribution in [0.4, 0.5) is 0 Å². The number of pyridine rings is 2.